The number of piperidine rings is 1. The largest absolute Gasteiger partial charge is 0.306 e. The highest BCUT2D eigenvalue weighted by molar-refractivity contribution is 5.74. The van der Waals surface area contributed by atoms with Gasteiger partial charge in [-0.05, 0) is 56.5 Å². The average Bonchev–Trinajstić information content (AvgIpc) is 2.64. The summed E-state index contributed by atoms with van der Waals surface area (Å²) in [6.07, 6.45) is 3.17. The van der Waals surface area contributed by atoms with Crippen LogP contribution in [-0.2, 0) is 18.3 Å². The van der Waals surface area contributed by atoms with Crippen molar-refractivity contribution in [2.45, 2.75) is 38.5 Å². The lowest BCUT2D eigenvalue weighted by Crippen LogP contribution is -2.60. The minimum atomic E-state index is 0.135. The number of hydrogen-bond acceptors (Lipinski definition) is 3. The molecule has 0 N–H and O–H groups in total. The molecule has 5 rings (SSSR count). The number of aromatic nitrogens is 2. The van der Waals surface area contributed by atoms with Crippen molar-refractivity contribution in [1.29, 1.82) is 0 Å². The highest BCUT2D eigenvalue weighted by Gasteiger charge is 2.55. The zero-order valence-corrected chi connectivity index (χ0v) is 16.5. The normalized spacial score (nSPS) is 28.0. The van der Waals surface area contributed by atoms with Gasteiger partial charge in [0.05, 0.1) is 22.4 Å². The second-order valence-corrected chi connectivity index (χ2v) is 8.96. The van der Waals surface area contributed by atoms with Crippen molar-refractivity contribution in [1.82, 2.24) is 14.9 Å². The summed E-state index contributed by atoms with van der Waals surface area (Å²) in [6.45, 7) is 6.93. The van der Waals surface area contributed by atoms with Crippen LogP contribution in [0.25, 0.3) is 11.0 Å². The molecule has 0 radical (unpaired) electrons. The molecule has 2 aliphatic rings. The van der Waals surface area contributed by atoms with Crippen molar-refractivity contribution in [3.8, 4) is 0 Å². The van der Waals surface area contributed by atoms with Crippen LogP contribution in [0.1, 0.15) is 35.9 Å². The highest BCUT2D eigenvalue weighted by Crippen LogP contribution is 2.54. The summed E-state index contributed by atoms with van der Waals surface area (Å²) in [4.78, 5) is 12.6. The molecule has 0 saturated carbocycles. The molecule has 1 aliphatic carbocycles. The average molecular weight is 358 g/mol. The number of fused-ring (bicyclic) bond motifs is 3. The molecule has 2 atom stereocenters. The molecule has 2 aromatic carbocycles. The topological polar surface area (TPSA) is 29.0 Å². The van der Waals surface area contributed by atoms with Gasteiger partial charge in [0, 0.05) is 18.4 Å². The Kier molecular flexibility index (Phi) is 3.67. The molecular formula is C24H27N3. The first kappa shape index (κ1) is 16.9. The van der Waals surface area contributed by atoms with E-state index in [1.807, 2.05) is 0 Å². The Hall–Kier alpha value is -2.26. The van der Waals surface area contributed by atoms with Crippen LogP contribution < -0.4 is 0 Å². The molecular weight excluding hydrogens is 330 g/mol. The molecule has 27 heavy (non-hydrogen) atoms. The minimum Gasteiger partial charge on any atom is -0.306 e. The van der Waals surface area contributed by atoms with E-state index in [0.29, 0.717) is 0 Å². The zero-order chi connectivity index (χ0) is 18.6. The third-order valence-corrected chi connectivity index (χ3v) is 7.02. The van der Waals surface area contributed by atoms with Gasteiger partial charge in [-0.2, -0.15) is 0 Å². The molecule has 0 bridgehead atoms. The highest BCUT2D eigenvalue weighted by atomic mass is 15.1. The Morgan fingerprint density at radius 1 is 0.926 bits per heavy atom. The standard InChI is InChI=1S/C24H27N3/c1-17-7-6-8-18(13-17)24-11-12-27(3)16-23(24,2)14-21-22(15-24)26-20-10-5-4-9-19(20)25-21/h4-10,13H,11-12,14-16H2,1-3H3/t23-,24+/m1/s1. The Balaban J connectivity index is 1.72. The van der Waals surface area contributed by atoms with Crippen LogP contribution in [0, 0.1) is 12.3 Å². The molecule has 1 saturated heterocycles. The fourth-order valence-corrected chi connectivity index (χ4v) is 5.59. The summed E-state index contributed by atoms with van der Waals surface area (Å²) in [6, 6.07) is 17.5. The van der Waals surface area contributed by atoms with Gasteiger partial charge in [-0.3, -0.25) is 0 Å². The van der Waals surface area contributed by atoms with E-state index in [4.69, 9.17) is 9.97 Å². The minimum absolute atomic E-state index is 0.135. The second kappa shape index (κ2) is 5.87. The van der Waals surface area contributed by atoms with E-state index in [-0.39, 0.29) is 10.8 Å². The van der Waals surface area contributed by atoms with Crippen LogP contribution in [0.2, 0.25) is 0 Å². The maximum Gasteiger partial charge on any atom is 0.0890 e. The van der Waals surface area contributed by atoms with Gasteiger partial charge in [0.2, 0.25) is 0 Å². The molecule has 1 aromatic heterocycles. The molecule has 0 spiro atoms. The smallest absolute Gasteiger partial charge is 0.0890 e. The lowest BCUT2D eigenvalue weighted by molar-refractivity contribution is 0.0137. The van der Waals surface area contributed by atoms with Crippen molar-refractivity contribution in [3.63, 3.8) is 0 Å². The van der Waals surface area contributed by atoms with Crippen molar-refractivity contribution in [3.05, 3.63) is 71.0 Å². The molecule has 1 fully saturated rings. The summed E-state index contributed by atoms with van der Waals surface area (Å²) >= 11 is 0. The summed E-state index contributed by atoms with van der Waals surface area (Å²) in [5.74, 6) is 0. The van der Waals surface area contributed by atoms with Gasteiger partial charge < -0.3 is 4.90 Å². The molecule has 2 heterocycles. The van der Waals surface area contributed by atoms with E-state index in [1.165, 1.54) is 28.9 Å². The quantitative estimate of drug-likeness (QED) is 0.650. The summed E-state index contributed by atoms with van der Waals surface area (Å²) in [5.41, 5.74) is 7.58. The van der Waals surface area contributed by atoms with Crippen molar-refractivity contribution in [2.24, 2.45) is 5.41 Å². The van der Waals surface area contributed by atoms with Crippen molar-refractivity contribution < 1.29 is 0 Å². The summed E-state index contributed by atoms with van der Waals surface area (Å²) in [5, 5.41) is 0. The van der Waals surface area contributed by atoms with Gasteiger partial charge in [0.1, 0.15) is 0 Å². The molecule has 1 aliphatic heterocycles. The third-order valence-electron chi connectivity index (χ3n) is 7.02. The second-order valence-electron chi connectivity index (χ2n) is 8.96. The Morgan fingerprint density at radius 3 is 2.33 bits per heavy atom. The Morgan fingerprint density at radius 2 is 1.63 bits per heavy atom. The number of likely N-dealkylation sites (tertiary alicyclic amines) is 1. The van der Waals surface area contributed by atoms with Gasteiger partial charge in [0.25, 0.3) is 0 Å². The monoisotopic (exact) mass is 357 g/mol. The number of para-hydroxylation sites is 2. The number of rotatable bonds is 1. The van der Waals surface area contributed by atoms with Gasteiger partial charge >= 0.3 is 0 Å². The molecule has 138 valence electrons. The molecule has 0 amide bonds. The number of nitrogens with zero attached hydrogens (tertiary/aromatic N) is 3. The fraction of sp³-hybridized carbons (Fsp3) is 0.417. The number of hydrogen-bond donors (Lipinski definition) is 0. The van der Waals surface area contributed by atoms with E-state index < -0.39 is 0 Å². The first-order valence-electron chi connectivity index (χ1n) is 9.99. The van der Waals surface area contributed by atoms with Gasteiger partial charge in [-0.1, -0.05) is 48.9 Å². The third kappa shape index (κ3) is 2.52. The molecule has 3 heteroatoms. The van der Waals surface area contributed by atoms with Crippen LogP contribution in [0.3, 0.4) is 0 Å². The van der Waals surface area contributed by atoms with E-state index in [1.54, 1.807) is 0 Å². The molecule has 0 unspecified atom stereocenters. The molecule has 3 nitrogen and oxygen atoms in total. The van der Waals surface area contributed by atoms with Crippen molar-refractivity contribution in [2.75, 3.05) is 20.1 Å². The van der Waals surface area contributed by atoms with E-state index >= 15 is 0 Å². The van der Waals surface area contributed by atoms with Gasteiger partial charge in [-0.25, -0.2) is 9.97 Å². The maximum absolute atomic E-state index is 5.07. The lowest BCUT2D eigenvalue weighted by atomic mass is 9.51. The number of aryl methyl sites for hydroxylation is 1. The first-order valence-corrected chi connectivity index (χ1v) is 9.99. The zero-order valence-electron chi connectivity index (χ0n) is 16.5. The fourth-order valence-electron chi connectivity index (χ4n) is 5.59. The van der Waals surface area contributed by atoms with Crippen LogP contribution in [0.4, 0.5) is 0 Å². The predicted molar refractivity (Wildman–Crippen MR) is 110 cm³/mol. The maximum atomic E-state index is 5.07. The van der Waals surface area contributed by atoms with Gasteiger partial charge in [-0.15, -0.1) is 0 Å². The van der Waals surface area contributed by atoms with Crippen LogP contribution in [0.5, 0.6) is 0 Å². The van der Waals surface area contributed by atoms with Crippen molar-refractivity contribution >= 4 is 11.0 Å². The van der Waals surface area contributed by atoms with Crippen LogP contribution >= 0.6 is 0 Å². The Bertz CT molecular complexity index is 1030. The molecule has 3 aromatic rings. The predicted octanol–water partition coefficient (Wildman–Crippen LogP) is 4.32. The number of benzene rings is 2. The van der Waals surface area contributed by atoms with E-state index in [0.717, 1.165) is 37.0 Å². The summed E-state index contributed by atoms with van der Waals surface area (Å²) < 4.78 is 0. The first-order chi connectivity index (χ1) is 13.0. The lowest BCUT2D eigenvalue weighted by Gasteiger charge is -2.57. The summed E-state index contributed by atoms with van der Waals surface area (Å²) in [7, 11) is 2.26. The van der Waals surface area contributed by atoms with E-state index in [2.05, 4.69) is 74.3 Å². The van der Waals surface area contributed by atoms with Gasteiger partial charge in [0.15, 0.2) is 0 Å². The Labute approximate surface area is 161 Å². The van der Waals surface area contributed by atoms with Crippen LogP contribution in [-0.4, -0.2) is 35.0 Å². The van der Waals surface area contributed by atoms with E-state index in [9.17, 15) is 0 Å². The van der Waals surface area contributed by atoms with Crippen LogP contribution in [0.15, 0.2) is 48.5 Å². The SMILES string of the molecule is Cc1cccc([C@@]23CCN(C)C[C@@]2(C)Cc2nc4ccccc4nc2C3)c1.